The van der Waals surface area contributed by atoms with Crippen LogP contribution in [0.15, 0.2) is 39.6 Å². The molecular formula is C22H22F3N5O3. The Morgan fingerprint density at radius 3 is 2.58 bits per heavy atom. The normalized spacial score (nSPS) is 15.0. The van der Waals surface area contributed by atoms with Crippen molar-refractivity contribution in [3.63, 3.8) is 0 Å². The van der Waals surface area contributed by atoms with Crippen LogP contribution < -0.4 is 10.7 Å². The summed E-state index contributed by atoms with van der Waals surface area (Å²) >= 11 is 0. The predicted octanol–water partition coefficient (Wildman–Crippen LogP) is 3.95. The molecule has 4 rings (SSSR count). The third-order valence-corrected chi connectivity index (χ3v) is 5.38. The number of aryl methyl sites for hydroxylation is 1. The van der Waals surface area contributed by atoms with E-state index < -0.39 is 34.8 Å². The van der Waals surface area contributed by atoms with Crippen molar-refractivity contribution < 1.29 is 22.5 Å². The molecule has 1 fully saturated rings. The first-order valence-electron chi connectivity index (χ1n) is 10.5. The summed E-state index contributed by atoms with van der Waals surface area (Å²) in [6.07, 6.45) is -2.69. The van der Waals surface area contributed by atoms with E-state index in [1.165, 1.54) is 25.1 Å². The number of para-hydroxylation sites is 1. The van der Waals surface area contributed by atoms with Crippen molar-refractivity contribution in [2.24, 2.45) is 5.92 Å². The summed E-state index contributed by atoms with van der Waals surface area (Å²) in [4.78, 5) is 29.9. The molecule has 1 unspecified atom stereocenters. The second kappa shape index (κ2) is 8.45. The van der Waals surface area contributed by atoms with E-state index >= 15 is 0 Å². The van der Waals surface area contributed by atoms with E-state index in [-0.39, 0.29) is 29.1 Å². The summed E-state index contributed by atoms with van der Waals surface area (Å²) in [6.45, 7) is 5.09. The number of benzene rings is 1. The van der Waals surface area contributed by atoms with Gasteiger partial charge in [-0.1, -0.05) is 31.1 Å². The summed E-state index contributed by atoms with van der Waals surface area (Å²) in [5.41, 5.74) is -2.32. The fraction of sp³-hybridized carbons (Fsp3) is 0.409. The summed E-state index contributed by atoms with van der Waals surface area (Å²) in [5.74, 6) is 0.0217. The molecule has 0 bridgehead atoms. The predicted molar refractivity (Wildman–Crippen MR) is 111 cm³/mol. The summed E-state index contributed by atoms with van der Waals surface area (Å²) in [6, 6.07) is 5.20. The standard InChI is InChI=1S/C22H22F3N5O3/c1-11(2)17(21-27-19(29-33-21)13-8-9-13)26-20(32)18-16(31)10-12(3)30(28-18)15-7-5-4-6-14(15)22(23,24)25/h4-7,10-11,13,17H,8-9H2,1-3H3,(H,26,32). The second-order valence-electron chi connectivity index (χ2n) is 8.39. The number of rotatable bonds is 6. The molecular weight excluding hydrogens is 439 g/mol. The van der Waals surface area contributed by atoms with Crippen molar-refractivity contribution in [3.8, 4) is 5.69 Å². The molecule has 3 aromatic rings. The number of amides is 1. The Labute approximate surface area is 186 Å². The number of hydrogen-bond donors (Lipinski definition) is 1. The van der Waals surface area contributed by atoms with Crippen molar-refractivity contribution in [3.05, 3.63) is 69.2 Å². The lowest BCUT2D eigenvalue weighted by Gasteiger charge is -2.19. The summed E-state index contributed by atoms with van der Waals surface area (Å²) < 4.78 is 46.8. The van der Waals surface area contributed by atoms with Gasteiger partial charge in [0.25, 0.3) is 5.91 Å². The first-order valence-corrected chi connectivity index (χ1v) is 10.5. The fourth-order valence-corrected chi connectivity index (χ4v) is 3.45. The van der Waals surface area contributed by atoms with Crippen LogP contribution in [0.5, 0.6) is 0 Å². The Hall–Kier alpha value is -3.50. The number of halogens is 3. The van der Waals surface area contributed by atoms with E-state index in [4.69, 9.17) is 4.52 Å². The molecule has 2 heterocycles. The Bertz CT molecular complexity index is 1240. The average molecular weight is 461 g/mol. The fourth-order valence-electron chi connectivity index (χ4n) is 3.45. The third kappa shape index (κ3) is 4.67. The SMILES string of the molecule is Cc1cc(=O)c(C(=O)NC(c2nc(C3CC3)no2)C(C)C)nn1-c1ccccc1C(F)(F)F. The molecule has 33 heavy (non-hydrogen) atoms. The van der Waals surface area contributed by atoms with Gasteiger partial charge in [0, 0.05) is 17.7 Å². The average Bonchev–Trinajstić information content (AvgIpc) is 3.48. The van der Waals surface area contributed by atoms with Crippen LogP contribution in [-0.2, 0) is 6.18 Å². The molecule has 0 radical (unpaired) electrons. The van der Waals surface area contributed by atoms with Gasteiger partial charge in [0.15, 0.2) is 11.5 Å². The van der Waals surface area contributed by atoms with Gasteiger partial charge in [-0.25, -0.2) is 4.68 Å². The first kappa shape index (κ1) is 22.7. The lowest BCUT2D eigenvalue weighted by Crippen LogP contribution is -2.36. The highest BCUT2D eigenvalue weighted by Crippen LogP contribution is 2.39. The third-order valence-electron chi connectivity index (χ3n) is 5.38. The molecule has 0 aliphatic heterocycles. The zero-order valence-electron chi connectivity index (χ0n) is 18.2. The molecule has 0 spiro atoms. The number of carbonyl (C=O) groups excluding carboxylic acids is 1. The highest BCUT2D eigenvalue weighted by molar-refractivity contribution is 5.92. The number of hydrogen-bond acceptors (Lipinski definition) is 6. The van der Waals surface area contributed by atoms with Gasteiger partial charge in [-0.2, -0.15) is 23.3 Å². The van der Waals surface area contributed by atoms with E-state index in [9.17, 15) is 22.8 Å². The molecule has 1 saturated carbocycles. The molecule has 1 aliphatic rings. The van der Waals surface area contributed by atoms with Crippen LogP contribution >= 0.6 is 0 Å². The molecule has 1 amide bonds. The minimum atomic E-state index is -4.64. The topological polar surface area (TPSA) is 103 Å². The highest BCUT2D eigenvalue weighted by Gasteiger charge is 2.35. The highest BCUT2D eigenvalue weighted by atomic mass is 19.4. The number of aromatic nitrogens is 4. The Kier molecular flexibility index (Phi) is 5.81. The van der Waals surface area contributed by atoms with Gasteiger partial charge >= 0.3 is 6.18 Å². The minimum Gasteiger partial charge on any atom is -0.338 e. The van der Waals surface area contributed by atoms with Crippen LogP contribution in [0, 0.1) is 12.8 Å². The molecule has 8 nitrogen and oxygen atoms in total. The van der Waals surface area contributed by atoms with Gasteiger partial charge in [-0.15, -0.1) is 0 Å². The van der Waals surface area contributed by atoms with Gasteiger partial charge in [0.05, 0.1) is 11.3 Å². The number of carbonyl (C=O) groups is 1. The maximum atomic E-state index is 13.5. The molecule has 1 N–H and O–H groups in total. The molecule has 1 aromatic carbocycles. The van der Waals surface area contributed by atoms with E-state index in [1.807, 2.05) is 13.8 Å². The van der Waals surface area contributed by atoms with Crippen molar-refractivity contribution in [2.45, 2.75) is 51.7 Å². The largest absolute Gasteiger partial charge is 0.418 e. The molecule has 0 saturated heterocycles. The van der Waals surface area contributed by atoms with E-state index in [0.29, 0.717) is 5.82 Å². The van der Waals surface area contributed by atoms with Crippen LogP contribution in [0.4, 0.5) is 13.2 Å². The smallest absolute Gasteiger partial charge is 0.338 e. The quantitative estimate of drug-likeness (QED) is 0.596. The molecule has 1 atom stereocenters. The number of nitrogens with zero attached hydrogens (tertiary/aromatic N) is 4. The lowest BCUT2D eigenvalue weighted by molar-refractivity contribution is -0.137. The van der Waals surface area contributed by atoms with Gasteiger partial charge < -0.3 is 9.84 Å². The monoisotopic (exact) mass is 461 g/mol. The Morgan fingerprint density at radius 2 is 1.94 bits per heavy atom. The summed E-state index contributed by atoms with van der Waals surface area (Å²) in [5, 5.41) is 10.6. The van der Waals surface area contributed by atoms with Crippen molar-refractivity contribution in [2.75, 3.05) is 0 Å². The lowest BCUT2D eigenvalue weighted by atomic mass is 10.0. The minimum absolute atomic E-state index is 0.152. The second-order valence-corrected chi connectivity index (χ2v) is 8.39. The van der Waals surface area contributed by atoms with Crippen LogP contribution in [0.3, 0.4) is 0 Å². The number of nitrogens with one attached hydrogen (secondary N) is 1. The van der Waals surface area contributed by atoms with E-state index in [1.54, 1.807) is 0 Å². The van der Waals surface area contributed by atoms with Gasteiger partial charge in [0.1, 0.15) is 6.04 Å². The van der Waals surface area contributed by atoms with Gasteiger partial charge in [-0.3, -0.25) is 9.59 Å². The molecule has 2 aromatic heterocycles. The molecule has 1 aliphatic carbocycles. The molecule has 174 valence electrons. The first-order chi connectivity index (χ1) is 15.6. The Balaban J connectivity index is 1.69. The van der Waals surface area contributed by atoms with Crippen LogP contribution in [0.2, 0.25) is 0 Å². The van der Waals surface area contributed by atoms with Crippen LogP contribution in [0.1, 0.15) is 72.1 Å². The maximum absolute atomic E-state index is 13.5. The van der Waals surface area contributed by atoms with Crippen molar-refractivity contribution in [1.82, 2.24) is 25.2 Å². The van der Waals surface area contributed by atoms with Crippen LogP contribution in [0.25, 0.3) is 5.69 Å². The van der Waals surface area contributed by atoms with Crippen LogP contribution in [-0.4, -0.2) is 25.8 Å². The van der Waals surface area contributed by atoms with Crippen molar-refractivity contribution >= 4 is 5.91 Å². The van der Waals surface area contributed by atoms with Gasteiger partial charge in [0.2, 0.25) is 11.3 Å². The maximum Gasteiger partial charge on any atom is 0.418 e. The van der Waals surface area contributed by atoms with Gasteiger partial charge in [-0.05, 0) is 37.8 Å². The zero-order chi connectivity index (χ0) is 23.9. The number of alkyl halides is 3. The van der Waals surface area contributed by atoms with E-state index in [2.05, 4.69) is 20.6 Å². The van der Waals surface area contributed by atoms with E-state index in [0.717, 1.165) is 29.7 Å². The zero-order valence-corrected chi connectivity index (χ0v) is 18.2. The molecule has 11 heteroatoms. The Morgan fingerprint density at radius 1 is 1.24 bits per heavy atom. The van der Waals surface area contributed by atoms with Crippen molar-refractivity contribution in [1.29, 1.82) is 0 Å². The summed E-state index contributed by atoms with van der Waals surface area (Å²) in [7, 11) is 0.